The number of aryl methyl sites for hydroxylation is 1. The summed E-state index contributed by atoms with van der Waals surface area (Å²) in [4.78, 5) is 16.2. The maximum atomic E-state index is 12.0. The number of nitrogens with one attached hydrogen (secondary N) is 1. The molecule has 2 aromatic carbocycles. The lowest BCUT2D eigenvalue weighted by Crippen LogP contribution is -2.36. The Labute approximate surface area is 131 Å². The van der Waals surface area contributed by atoms with E-state index in [0.717, 1.165) is 5.56 Å². The van der Waals surface area contributed by atoms with Crippen LogP contribution in [0.15, 0.2) is 53.5 Å². The van der Waals surface area contributed by atoms with Gasteiger partial charge in [-0.3, -0.25) is 10.1 Å². The Morgan fingerprint density at radius 3 is 2.18 bits per heavy atom. The quantitative estimate of drug-likeness (QED) is 0.672. The number of nitrogens with two attached hydrogens (primary N) is 1. The predicted molar refractivity (Wildman–Crippen MR) is 90.5 cm³/mol. The molecule has 4 heteroatoms. The molecule has 114 valence electrons. The maximum absolute atomic E-state index is 12.0. The average molecular weight is 295 g/mol. The Hall–Kier alpha value is -2.62. The molecule has 0 aliphatic heterocycles. The highest BCUT2D eigenvalue weighted by Gasteiger charge is 2.06. The maximum Gasteiger partial charge on any atom is 0.257 e. The molecule has 0 aliphatic carbocycles. The van der Waals surface area contributed by atoms with Crippen molar-refractivity contribution in [2.75, 3.05) is 0 Å². The monoisotopic (exact) mass is 295 g/mol. The molecule has 0 spiro atoms. The number of amides is 1. The number of carbonyl (C=O) groups excluding carboxylic acids is 1. The Bertz CT molecular complexity index is 670. The number of aliphatic imine (C=N–C) groups is 1. The molecule has 4 nitrogen and oxygen atoms in total. The Kier molecular flexibility index (Phi) is 4.94. The summed E-state index contributed by atoms with van der Waals surface area (Å²) < 4.78 is 0. The van der Waals surface area contributed by atoms with Crippen LogP contribution >= 0.6 is 0 Å². The van der Waals surface area contributed by atoms with Crippen molar-refractivity contribution in [3.63, 3.8) is 0 Å². The number of carbonyl (C=O) groups is 1. The summed E-state index contributed by atoms with van der Waals surface area (Å²) in [6.07, 6.45) is 0. The van der Waals surface area contributed by atoms with Crippen molar-refractivity contribution in [3.05, 3.63) is 65.2 Å². The minimum atomic E-state index is -0.264. The third-order valence-electron chi connectivity index (χ3n) is 3.36. The molecule has 3 N–H and O–H groups in total. The second kappa shape index (κ2) is 6.89. The molecule has 0 fully saturated rings. The molecule has 0 saturated carbocycles. The van der Waals surface area contributed by atoms with E-state index in [-0.39, 0.29) is 11.9 Å². The summed E-state index contributed by atoms with van der Waals surface area (Å²) >= 11 is 0. The van der Waals surface area contributed by atoms with Crippen molar-refractivity contribution in [2.45, 2.75) is 26.7 Å². The van der Waals surface area contributed by atoms with E-state index in [4.69, 9.17) is 5.73 Å². The second-order valence-corrected chi connectivity index (χ2v) is 5.56. The highest BCUT2D eigenvalue weighted by atomic mass is 16.1. The summed E-state index contributed by atoms with van der Waals surface area (Å²) in [6.45, 7) is 6.24. The van der Waals surface area contributed by atoms with Gasteiger partial charge in [-0.25, -0.2) is 4.99 Å². The van der Waals surface area contributed by atoms with Crippen LogP contribution in [0.25, 0.3) is 0 Å². The van der Waals surface area contributed by atoms with Crippen molar-refractivity contribution >= 4 is 17.6 Å². The third kappa shape index (κ3) is 4.19. The largest absolute Gasteiger partial charge is 0.369 e. The molecule has 0 radical (unpaired) electrons. The van der Waals surface area contributed by atoms with E-state index in [0.29, 0.717) is 17.2 Å². The minimum absolute atomic E-state index is 0.0860. The van der Waals surface area contributed by atoms with E-state index in [1.165, 1.54) is 5.56 Å². The molecule has 22 heavy (non-hydrogen) atoms. The lowest BCUT2D eigenvalue weighted by atomic mass is 10.0. The molecule has 0 heterocycles. The Morgan fingerprint density at radius 1 is 1.05 bits per heavy atom. The van der Waals surface area contributed by atoms with Crippen LogP contribution in [-0.2, 0) is 0 Å². The van der Waals surface area contributed by atoms with Gasteiger partial charge in [0.15, 0.2) is 0 Å². The summed E-state index contributed by atoms with van der Waals surface area (Å²) in [5.74, 6) is 0.291. The van der Waals surface area contributed by atoms with Gasteiger partial charge in [0.1, 0.15) is 0 Å². The van der Waals surface area contributed by atoms with Gasteiger partial charge in [0.05, 0.1) is 5.69 Å². The number of guanidine groups is 1. The second-order valence-electron chi connectivity index (χ2n) is 5.56. The van der Waals surface area contributed by atoms with Gasteiger partial charge in [0, 0.05) is 5.56 Å². The van der Waals surface area contributed by atoms with Gasteiger partial charge in [-0.2, -0.15) is 0 Å². The van der Waals surface area contributed by atoms with Gasteiger partial charge in [-0.15, -0.1) is 0 Å². The van der Waals surface area contributed by atoms with E-state index in [9.17, 15) is 4.79 Å². The number of nitrogens with zero attached hydrogens (tertiary/aromatic N) is 1. The van der Waals surface area contributed by atoms with Crippen molar-refractivity contribution in [2.24, 2.45) is 10.7 Å². The Morgan fingerprint density at radius 2 is 1.64 bits per heavy atom. The molecular weight excluding hydrogens is 274 g/mol. The molecule has 0 atom stereocenters. The van der Waals surface area contributed by atoms with Gasteiger partial charge in [-0.05, 0) is 42.7 Å². The lowest BCUT2D eigenvalue weighted by Gasteiger charge is -2.06. The number of rotatable bonds is 3. The predicted octanol–water partition coefficient (Wildman–Crippen LogP) is 3.49. The van der Waals surface area contributed by atoms with Gasteiger partial charge >= 0.3 is 0 Å². The smallest absolute Gasteiger partial charge is 0.257 e. The van der Waals surface area contributed by atoms with Crippen molar-refractivity contribution in [1.29, 1.82) is 0 Å². The third-order valence-corrected chi connectivity index (χ3v) is 3.36. The first kappa shape index (κ1) is 15.8. The van der Waals surface area contributed by atoms with Crippen LogP contribution in [0.5, 0.6) is 0 Å². The normalized spacial score (nSPS) is 11.5. The number of benzene rings is 2. The zero-order valence-electron chi connectivity index (χ0n) is 13.1. The first-order valence-electron chi connectivity index (χ1n) is 7.28. The van der Waals surface area contributed by atoms with Crippen molar-refractivity contribution < 1.29 is 4.79 Å². The molecule has 0 bridgehead atoms. The fourth-order valence-corrected chi connectivity index (χ4v) is 1.99. The summed E-state index contributed by atoms with van der Waals surface area (Å²) in [7, 11) is 0. The molecule has 2 rings (SSSR count). The van der Waals surface area contributed by atoms with Crippen LogP contribution in [0, 0.1) is 6.92 Å². The van der Waals surface area contributed by atoms with Crippen LogP contribution in [0.4, 0.5) is 5.69 Å². The lowest BCUT2D eigenvalue weighted by molar-refractivity contribution is 0.0976. The molecular formula is C18H21N3O. The summed E-state index contributed by atoms with van der Waals surface area (Å²) in [5.41, 5.74) is 9.40. The van der Waals surface area contributed by atoms with Crippen LogP contribution in [0.2, 0.25) is 0 Å². The number of hydrogen-bond acceptors (Lipinski definition) is 2. The Balaban J connectivity index is 2.05. The van der Waals surface area contributed by atoms with E-state index in [2.05, 4.69) is 24.2 Å². The van der Waals surface area contributed by atoms with Gasteiger partial charge in [0.2, 0.25) is 5.96 Å². The fraction of sp³-hybridized carbons (Fsp3) is 0.222. The zero-order valence-corrected chi connectivity index (χ0v) is 13.1. The van der Waals surface area contributed by atoms with Crippen molar-refractivity contribution in [1.82, 2.24) is 5.32 Å². The summed E-state index contributed by atoms with van der Waals surface area (Å²) in [5, 5.41) is 2.59. The first-order valence-corrected chi connectivity index (χ1v) is 7.28. The van der Waals surface area contributed by atoms with Crippen molar-refractivity contribution in [3.8, 4) is 0 Å². The molecule has 0 aromatic heterocycles. The van der Waals surface area contributed by atoms with Crippen LogP contribution in [0.3, 0.4) is 0 Å². The molecule has 0 aliphatic rings. The van der Waals surface area contributed by atoms with E-state index >= 15 is 0 Å². The highest BCUT2D eigenvalue weighted by Crippen LogP contribution is 2.18. The highest BCUT2D eigenvalue weighted by molar-refractivity contribution is 6.05. The van der Waals surface area contributed by atoms with E-state index in [1.807, 2.05) is 43.3 Å². The summed E-state index contributed by atoms with van der Waals surface area (Å²) in [6, 6.07) is 15.1. The topological polar surface area (TPSA) is 67.5 Å². The van der Waals surface area contributed by atoms with Gasteiger partial charge in [0.25, 0.3) is 5.91 Å². The minimum Gasteiger partial charge on any atom is -0.369 e. The average Bonchev–Trinajstić information content (AvgIpc) is 2.48. The zero-order chi connectivity index (χ0) is 16.1. The number of hydrogen-bond donors (Lipinski definition) is 2. The fourth-order valence-electron chi connectivity index (χ4n) is 1.99. The van der Waals surface area contributed by atoms with E-state index < -0.39 is 0 Å². The van der Waals surface area contributed by atoms with Crippen LogP contribution < -0.4 is 11.1 Å². The molecule has 1 amide bonds. The van der Waals surface area contributed by atoms with Crippen LogP contribution in [0.1, 0.15) is 41.3 Å². The van der Waals surface area contributed by atoms with Crippen LogP contribution in [-0.4, -0.2) is 11.9 Å². The molecule has 0 unspecified atom stereocenters. The van der Waals surface area contributed by atoms with Gasteiger partial charge < -0.3 is 5.73 Å². The molecule has 0 saturated heterocycles. The van der Waals surface area contributed by atoms with Gasteiger partial charge in [-0.1, -0.05) is 43.7 Å². The van der Waals surface area contributed by atoms with E-state index in [1.54, 1.807) is 12.1 Å². The SMILES string of the molecule is Cc1ccc(C(=O)NC(N)=Nc2ccc(C(C)C)cc2)cc1. The molecule has 2 aromatic rings. The first-order chi connectivity index (χ1) is 10.5. The standard InChI is InChI=1S/C18H21N3O/c1-12(2)14-8-10-16(11-9-14)20-18(19)21-17(22)15-6-4-13(3)5-7-15/h4-12H,1-3H3,(H3,19,20,21,22).